The van der Waals surface area contributed by atoms with Crippen LogP contribution in [0.1, 0.15) is 97.0 Å². The monoisotopic (exact) mass is 708 g/mol. The Morgan fingerprint density at radius 3 is 2.52 bits per heavy atom. The molecule has 17 unspecified atom stereocenters. The van der Waals surface area contributed by atoms with Gasteiger partial charge in [0.05, 0.1) is 42.0 Å². The quantitative estimate of drug-likeness (QED) is 0.326. The maximum atomic E-state index is 14.6. The fraction of sp³-hybridized carbons (Fsp3) is 0.711. The van der Waals surface area contributed by atoms with Crippen LogP contribution in [0.4, 0.5) is 0 Å². The number of allylic oxidation sites excluding steroid dienone is 1. The van der Waals surface area contributed by atoms with Gasteiger partial charge in [0.2, 0.25) is 0 Å². The van der Waals surface area contributed by atoms with Gasteiger partial charge in [0, 0.05) is 17.8 Å². The van der Waals surface area contributed by atoms with Gasteiger partial charge >= 0.3 is 0 Å². The van der Waals surface area contributed by atoms with Gasteiger partial charge in [0.15, 0.2) is 5.78 Å². The lowest BCUT2D eigenvalue weighted by atomic mass is 9.36. The lowest BCUT2D eigenvalue weighted by Gasteiger charge is -2.69. The number of aliphatic hydroxyl groups is 3. The minimum absolute atomic E-state index is 0.00399. The third-order valence-electron chi connectivity index (χ3n) is 16.4. The van der Waals surface area contributed by atoms with Gasteiger partial charge in [0.1, 0.15) is 18.8 Å². The van der Waals surface area contributed by atoms with Crippen molar-refractivity contribution in [3.8, 4) is 23.7 Å². The van der Waals surface area contributed by atoms with Crippen LogP contribution in [0, 0.1) is 75.9 Å². The second kappa shape index (κ2) is 12.5. The zero-order valence-electron chi connectivity index (χ0n) is 31.2. The molecule has 10 aliphatic rings. The van der Waals surface area contributed by atoms with E-state index in [0.29, 0.717) is 32.3 Å². The van der Waals surface area contributed by atoms with Crippen molar-refractivity contribution in [3.05, 3.63) is 47.5 Å². The Balaban J connectivity index is 1.25. The summed E-state index contributed by atoms with van der Waals surface area (Å²) in [5.41, 5.74) is -1.02. The topological polar surface area (TPSA) is 105 Å². The molecule has 1 aromatic carbocycles. The SMILES string of the molecule is CC1C(C)C2OC1C(O)C#CCC1C3CCCC14C(CCC41OCC#CC(c4ccccc4)COC4CCC5(C)C(C4)C(=O)C=C1C35)C(C)(O)C2O. The van der Waals surface area contributed by atoms with Crippen molar-refractivity contribution in [2.24, 2.45) is 52.3 Å². The summed E-state index contributed by atoms with van der Waals surface area (Å²) in [4.78, 5) is 14.6. The lowest BCUT2D eigenvalue weighted by molar-refractivity contribution is -0.247. The molecule has 0 amide bonds. The van der Waals surface area contributed by atoms with Crippen LogP contribution in [0.15, 0.2) is 42.0 Å². The summed E-state index contributed by atoms with van der Waals surface area (Å²) in [5, 5.41) is 36.7. The molecule has 7 nitrogen and oxygen atoms in total. The summed E-state index contributed by atoms with van der Waals surface area (Å²) in [7, 11) is 0. The predicted octanol–water partition coefficient (Wildman–Crippen LogP) is 5.61. The fourth-order valence-electron chi connectivity index (χ4n) is 13.9. The van der Waals surface area contributed by atoms with E-state index < -0.39 is 41.0 Å². The van der Waals surface area contributed by atoms with Gasteiger partial charge in [-0.2, -0.15) is 0 Å². The average molecular weight is 709 g/mol. The van der Waals surface area contributed by atoms with Crippen molar-refractivity contribution in [2.45, 2.75) is 133 Å². The molecule has 1 aromatic rings. The van der Waals surface area contributed by atoms with Crippen LogP contribution in [0.2, 0.25) is 0 Å². The normalized spacial score (nSPS) is 52.1. The first-order valence-electron chi connectivity index (χ1n) is 20.2. The van der Waals surface area contributed by atoms with Gasteiger partial charge in [0.25, 0.3) is 0 Å². The molecule has 2 spiro atoms. The standard InChI is InChI=1S/C45H56O7/c1-26-27(2)40-41(48)43(4,49)37-18-21-45-34-24-36(47)33-23-30(50-25-29(13-10-22-51-45)28-11-6-5-7-12-28)17-20-42(33,3)38(34)31-14-9-19-44(37,45)32(31)15-8-16-35(46)39(26)52-40/h5-7,11-12,24,26-27,29-33,35,37-41,46,48-49H,9,14-15,17-23,25H2,1-4H3. The predicted molar refractivity (Wildman–Crippen MR) is 195 cm³/mol. The molecule has 278 valence electrons. The van der Waals surface area contributed by atoms with Crippen LogP contribution in [0.25, 0.3) is 0 Å². The van der Waals surface area contributed by atoms with Gasteiger partial charge < -0.3 is 29.5 Å². The first kappa shape index (κ1) is 35.2. The number of aliphatic hydroxyl groups excluding tert-OH is 2. The van der Waals surface area contributed by atoms with E-state index in [4.69, 9.17) is 14.2 Å². The molecule has 10 bridgehead atoms. The van der Waals surface area contributed by atoms with Crippen molar-refractivity contribution in [3.63, 3.8) is 0 Å². The number of rotatable bonds is 1. The van der Waals surface area contributed by atoms with E-state index in [1.807, 2.05) is 45.0 Å². The molecule has 5 fully saturated rings. The molecule has 1 saturated heterocycles. The van der Waals surface area contributed by atoms with Crippen LogP contribution < -0.4 is 0 Å². The third kappa shape index (κ3) is 4.79. The van der Waals surface area contributed by atoms with Crippen LogP contribution in [-0.4, -0.2) is 76.0 Å². The molecule has 5 aliphatic heterocycles. The van der Waals surface area contributed by atoms with E-state index in [9.17, 15) is 20.1 Å². The van der Waals surface area contributed by atoms with Gasteiger partial charge in [-0.05, 0) is 110 Å². The zero-order valence-corrected chi connectivity index (χ0v) is 31.2. The molecule has 0 radical (unpaired) electrons. The first-order chi connectivity index (χ1) is 24.9. The largest absolute Gasteiger partial charge is 0.387 e. The summed E-state index contributed by atoms with van der Waals surface area (Å²) in [6.07, 6.45) is 5.78. The van der Waals surface area contributed by atoms with Crippen LogP contribution in [0.3, 0.4) is 0 Å². The van der Waals surface area contributed by atoms with E-state index in [0.717, 1.165) is 43.2 Å². The zero-order chi connectivity index (χ0) is 36.2. The number of ketones is 1. The number of hydrogen-bond donors (Lipinski definition) is 3. The molecule has 11 rings (SSSR count). The van der Waals surface area contributed by atoms with Crippen LogP contribution in [0.5, 0.6) is 0 Å². The van der Waals surface area contributed by atoms with Gasteiger partial charge in [-0.15, -0.1) is 5.92 Å². The molecule has 52 heavy (non-hydrogen) atoms. The lowest BCUT2D eigenvalue weighted by Crippen LogP contribution is -2.71. The van der Waals surface area contributed by atoms with Crippen molar-refractivity contribution in [1.82, 2.24) is 0 Å². The fourth-order valence-corrected chi connectivity index (χ4v) is 13.9. The van der Waals surface area contributed by atoms with E-state index in [1.165, 1.54) is 0 Å². The molecule has 7 heteroatoms. The molecular weight excluding hydrogens is 652 g/mol. The van der Waals surface area contributed by atoms with Crippen LogP contribution in [-0.2, 0) is 19.0 Å². The first-order valence-corrected chi connectivity index (χ1v) is 20.2. The minimum Gasteiger partial charge on any atom is -0.387 e. The molecule has 17 atom stereocenters. The summed E-state index contributed by atoms with van der Waals surface area (Å²) in [5.74, 6) is 13.6. The smallest absolute Gasteiger partial charge is 0.159 e. The molecule has 0 aromatic heterocycles. The van der Waals surface area contributed by atoms with Crippen molar-refractivity contribution < 1.29 is 34.3 Å². The van der Waals surface area contributed by atoms with Gasteiger partial charge in [-0.1, -0.05) is 75.3 Å². The Morgan fingerprint density at radius 2 is 1.71 bits per heavy atom. The number of benzene rings is 1. The van der Waals surface area contributed by atoms with E-state index >= 15 is 0 Å². The molecule has 5 aliphatic carbocycles. The Morgan fingerprint density at radius 1 is 0.923 bits per heavy atom. The maximum absolute atomic E-state index is 14.6. The molecule has 4 saturated carbocycles. The number of fused-ring (bicyclic) bond motifs is 4. The Kier molecular flexibility index (Phi) is 8.48. The Labute approximate surface area is 309 Å². The highest BCUT2D eigenvalue weighted by Crippen LogP contribution is 2.77. The van der Waals surface area contributed by atoms with Crippen molar-refractivity contribution in [2.75, 3.05) is 13.2 Å². The number of carbonyl (C=O) groups is 1. The average Bonchev–Trinajstić information content (AvgIpc) is 3.62. The van der Waals surface area contributed by atoms with Crippen molar-refractivity contribution >= 4 is 5.78 Å². The highest BCUT2D eigenvalue weighted by Gasteiger charge is 2.77. The van der Waals surface area contributed by atoms with E-state index in [1.54, 1.807) is 0 Å². The van der Waals surface area contributed by atoms with Gasteiger partial charge in [-0.3, -0.25) is 4.79 Å². The Bertz CT molecular complexity index is 1750. The van der Waals surface area contributed by atoms with Crippen molar-refractivity contribution in [1.29, 1.82) is 0 Å². The summed E-state index contributed by atoms with van der Waals surface area (Å²) >= 11 is 0. The summed E-state index contributed by atoms with van der Waals surface area (Å²) in [6, 6.07) is 10.3. The van der Waals surface area contributed by atoms with E-state index in [-0.39, 0.29) is 71.3 Å². The second-order valence-electron chi connectivity index (χ2n) is 18.4. The summed E-state index contributed by atoms with van der Waals surface area (Å²) in [6.45, 7) is 8.94. The molecular formula is C45H56O7. The third-order valence-corrected chi connectivity index (χ3v) is 16.4. The molecule has 3 N–H and O–H groups in total. The van der Waals surface area contributed by atoms with Crippen LogP contribution >= 0.6 is 0 Å². The maximum Gasteiger partial charge on any atom is 0.159 e. The number of ether oxygens (including phenoxy) is 3. The highest BCUT2D eigenvalue weighted by molar-refractivity contribution is 5.95. The number of hydrogen-bond acceptors (Lipinski definition) is 7. The molecule has 5 heterocycles. The van der Waals surface area contributed by atoms with Gasteiger partial charge in [-0.25, -0.2) is 0 Å². The Hall–Kier alpha value is -2.49. The highest BCUT2D eigenvalue weighted by atomic mass is 16.5. The second-order valence-corrected chi connectivity index (χ2v) is 18.4. The minimum atomic E-state index is -1.52. The summed E-state index contributed by atoms with van der Waals surface area (Å²) < 4.78 is 20.5. The van der Waals surface area contributed by atoms with E-state index in [2.05, 4.69) is 42.7 Å². The number of carbonyl (C=O) groups excluding carboxylic acids is 1.